The van der Waals surface area contributed by atoms with Gasteiger partial charge in [-0.15, -0.1) is 0 Å². The quantitative estimate of drug-likeness (QED) is 0.156. The molecule has 4 heteroatoms. The Morgan fingerprint density at radius 1 is 0.553 bits per heavy atom. The van der Waals surface area contributed by atoms with Gasteiger partial charge in [-0.3, -0.25) is 0 Å². The summed E-state index contributed by atoms with van der Waals surface area (Å²) >= 11 is 0. The molecule has 38 heavy (non-hydrogen) atoms. The van der Waals surface area contributed by atoms with Crippen LogP contribution in [0.2, 0.25) is 0 Å². The van der Waals surface area contributed by atoms with Crippen molar-refractivity contribution in [1.82, 2.24) is 0 Å². The Labute approximate surface area is 233 Å². The minimum atomic E-state index is -2.08. The van der Waals surface area contributed by atoms with E-state index in [0.717, 1.165) is 0 Å². The van der Waals surface area contributed by atoms with Crippen LogP contribution in [0.4, 0.5) is 4.79 Å². The normalized spacial score (nSPS) is 10.7. The lowest BCUT2D eigenvalue weighted by molar-refractivity contribution is -0.275. The van der Waals surface area contributed by atoms with Gasteiger partial charge in [0.15, 0.2) is 14.7 Å². The van der Waals surface area contributed by atoms with E-state index < -0.39 is 6.16 Å². The van der Waals surface area contributed by atoms with Crippen LogP contribution in [0, 0.1) is 0 Å². The predicted molar refractivity (Wildman–Crippen MR) is 159 cm³/mol. The van der Waals surface area contributed by atoms with E-state index >= 15 is 0 Å². The average Bonchev–Trinajstić information content (AvgIpc) is 2.92. The SMILES string of the molecule is CCCCCc1ccc([S+](c2ccc(CCCCC)cc2)c2ccc(CCCCC)cc2)cc1.O=C([O-])O. The van der Waals surface area contributed by atoms with Crippen molar-refractivity contribution in [3.63, 3.8) is 0 Å². The summed E-state index contributed by atoms with van der Waals surface area (Å²) in [6.45, 7) is 6.83. The van der Waals surface area contributed by atoms with Gasteiger partial charge in [-0.2, -0.15) is 0 Å². The summed E-state index contributed by atoms with van der Waals surface area (Å²) in [5.41, 5.74) is 4.41. The van der Waals surface area contributed by atoms with Crippen molar-refractivity contribution in [2.45, 2.75) is 113 Å². The molecule has 3 nitrogen and oxygen atoms in total. The molecule has 0 atom stereocenters. The first-order chi connectivity index (χ1) is 18.5. The summed E-state index contributed by atoms with van der Waals surface area (Å²) in [6.07, 6.45) is 13.2. The van der Waals surface area contributed by atoms with Crippen LogP contribution >= 0.6 is 0 Å². The third-order valence-electron chi connectivity index (χ3n) is 6.68. The van der Waals surface area contributed by atoms with Crippen molar-refractivity contribution in [2.24, 2.45) is 0 Å². The summed E-state index contributed by atoms with van der Waals surface area (Å²) in [7, 11) is -0.0614. The second kappa shape index (κ2) is 18.5. The van der Waals surface area contributed by atoms with Crippen LogP contribution in [0.15, 0.2) is 87.5 Å². The molecule has 0 heterocycles. The average molecular weight is 535 g/mol. The number of rotatable bonds is 15. The van der Waals surface area contributed by atoms with Gasteiger partial charge in [0.05, 0.1) is 10.9 Å². The molecule has 3 rings (SSSR count). The molecule has 0 saturated heterocycles. The third-order valence-corrected chi connectivity index (χ3v) is 8.91. The maximum absolute atomic E-state index is 8.44. The zero-order valence-corrected chi connectivity index (χ0v) is 24.4. The van der Waals surface area contributed by atoms with Crippen LogP contribution in [0.3, 0.4) is 0 Å². The van der Waals surface area contributed by atoms with Crippen molar-refractivity contribution < 1.29 is 15.0 Å². The van der Waals surface area contributed by atoms with Gasteiger partial charge in [-0.25, -0.2) is 0 Å². The van der Waals surface area contributed by atoms with E-state index in [-0.39, 0.29) is 10.9 Å². The summed E-state index contributed by atoms with van der Waals surface area (Å²) in [6, 6.07) is 28.5. The molecule has 3 aromatic carbocycles. The molecule has 0 aliphatic carbocycles. The fourth-order valence-electron chi connectivity index (χ4n) is 4.52. The van der Waals surface area contributed by atoms with E-state index in [1.807, 2.05) is 0 Å². The molecule has 1 N–H and O–H groups in total. The Kier molecular flexibility index (Phi) is 15.3. The van der Waals surface area contributed by atoms with Crippen LogP contribution in [-0.2, 0) is 30.2 Å². The van der Waals surface area contributed by atoms with E-state index in [9.17, 15) is 0 Å². The second-order valence-corrected chi connectivity index (χ2v) is 11.9. The molecule has 0 fully saturated rings. The molecule has 0 bridgehead atoms. The predicted octanol–water partition coefficient (Wildman–Crippen LogP) is 8.87. The van der Waals surface area contributed by atoms with Gasteiger partial charge in [-0.05, 0) is 91.6 Å². The highest BCUT2D eigenvalue weighted by Gasteiger charge is 2.28. The lowest BCUT2D eigenvalue weighted by Crippen LogP contribution is -2.17. The number of hydrogen-bond acceptors (Lipinski definition) is 2. The fraction of sp³-hybridized carbons (Fsp3) is 0.441. The minimum absolute atomic E-state index is 0.0614. The third kappa shape index (κ3) is 11.8. The van der Waals surface area contributed by atoms with Crippen molar-refractivity contribution in [3.05, 3.63) is 89.5 Å². The van der Waals surface area contributed by atoms with Gasteiger partial charge in [0.1, 0.15) is 0 Å². The van der Waals surface area contributed by atoms with Gasteiger partial charge in [0.25, 0.3) is 0 Å². The van der Waals surface area contributed by atoms with Crippen molar-refractivity contribution in [3.8, 4) is 0 Å². The highest BCUT2D eigenvalue weighted by Crippen LogP contribution is 2.32. The van der Waals surface area contributed by atoms with E-state index in [2.05, 4.69) is 93.6 Å². The second-order valence-electron chi connectivity index (χ2n) is 9.88. The van der Waals surface area contributed by atoms with Gasteiger partial charge in [0, 0.05) is 0 Å². The lowest BCUT2D eigenvalue weighted by atomic mass is 10.1. The van der Waals surface area contributed by atoms with Crippen molar-refractivity contribution in [1.29, 1.82) is 0 Å². The lowest BCUT2D eigenvalue weighted by Gasteiger charge is -2.11. The van der Waals surface area contributed by atoms with E-state index in [1.54, 1.807) is 0 Å². The molecule has 0 saturated carbocycles. The number of benzene rings is 3. The Morgan fingerprint density at radius 3 is 1.00 bits per heavy atom. The zero-order chi connectivity index (χ0) is 27.6. The molecule has 0 spiro atoms. The zero-order valence-electron chi connectivity index (χ0n) is 23.6. The minimum Gasteiger partial charge on any atom is -0.565 e. The summed E-state index contributed by atoms with van der Waals surface area (Å²) < 4.78 is 0. The molecule has 0 aliphatic rings. The Morgan fingerprint density at radius 2 is 0.789 bits per heavy atom. The first kappa shape index (κ1) is 31.5. The molecule has 0 amide bonds. The molecule has 206 valence electrons. The molecule has 0 unspecified atom stereocenters. The van der Waals surface area contributed by atoms with E-state index in [4.69, 9.17) is 15.0 Å². The smallest absolute Gasteiger partial charge is 0.249 e. The summed E-state index contributed by atoms with van der Waals surface area (Å²) in [5, 5.41) is 15.3. The maximum atomic E-state index is 8.44. The standard InChI is InChI=1S/C33H45S.CH2O3/c1-4-7-10-13-28-16-22-31(23-17-28)34(32-24-18-29(19-25-32)14-11-8-5-2)33-26-20-30(21-27-33)15-12-9-6-3;2-1(3)4/h16-27H,4-15H2,1-3H3;(H2,2,3,4)/q+1;/p-1. The molecule has 0 aromatic heterocycles. The highest BCUT2D eigenvalue weighted by molar-refractivity contribution is 7.97. The summed E-state index contributed by atoms with van der Waals surface area (Å²) in [5.74, 6) is 0. The van der Waals surface area contributed by atoms with Crippen LogP contribution in [0.25, 0.3) is 0 Å². The number of unbranched alkanes of at least 4 members (excludes halogenated alkanes) is 6. The van der Waals surface area contributed by atoms with Gasteiger partial charge >= 0.3 is 0 Å². The largest absolute Gasteiger partial charge is 0.565 e. The number of aryl methyl sites for hydroxylation is 3. The van der Waals surface area contributed by atoms with Crippen molar-refractivity contribution >= 4 is 17.1 Å². The van der Waals surface area contributed by atoms with Crippen LogP contribution in [0.1, 0.15) is 95.2 Å². The molecular weight excluding hydrogens is 488 g/mol. The van der Waals surface area contributed by atoms with Crippen molar-refractivity contribution in [2.75, 3.05) is 0 Å². The Hall–Kier alpha value is -2.72. The number of hydrogen-bond donors (Lipinski definition) is 1. The first-order valence-electron chi connectivity index (χ1n) is 14.4. The van der Waals surface area contributed by atoms with E-state index in [0.29, 0.717) is 0 Å². The summed E-state index contributed by atoms with van der Waals surface area (Å²) in [4.78, 5) is 12.7. The molecule has 3 aromatic rings. The number of carboxylic acid groups (broad SMARTS) is 2. The van der Waals surface area contributed by atoms with Gasteiger partial charge < -0.3 is 15.0 Å². The Bertz CT molecular complexity index is 896. The number of carbonyl (C=O) groups is 1. The molecule has 0 radical (unpaired) electrons. The first-order valence-corrected chi connectivity index (χ1v) is 15.6. The fourth-order valence-corrected chi connectivity index (χ4v) is 6.56. The van der Waals surface area contributed by atoms with E-state index in [1.165, 1.54) is 108 Å². The molecule has 0 aliphatic heterocycles. The molecular formula is C34H46O3S. The monoisotopic (exact) mass is 534 g/mol. The highest BCUT2D eigenvalue weighted by atomic mass is 32.2. The van der Waals surface area contributed by atoms with Gasteiger partial charge in [0.2, 0.25) is 6.16 Å². The van der Waals surface area contributed by atoms with Crippen LogP contribution in [0.5, 0.6) is 0 Å². The van der Waals surface area contributed by atoms with Gasteiger partial charge in [-0.1, -0.05) is 95.7 Å². The van der Waals surface area contributed by atoms with Crippen LogP contribution < -0.4 is 5.11 Å². The maximum Gasteiger partial charge on any atom is 0.249 e. The topological polar surface area (TPSA) is 60.4 Å². The Balaban J connectivity index is 0.00000118. The van der Waals surface area contributed by atoms with Crippen LogP contribution in [-0.4, -0.2) is 11.3 Å².